The molecule has 0 fully saturated rings. The molecule has 0 atom stereocenters. The van der Waals surface area contributed by atoms with Crippen LogP contribution in [0.2, 0.25) is 0 Å². The minimum atomic E-state index is -0.0921. The van der Waals surface area contributed by atoms with Gasteiger partial charge in [-0.1, -0.05) is 17.3 Å². The van der Waals surface area contributed by atoms with Gasteiger partial charge in [-0.05, 0) is 47.4 Å². The van der Waals surface area contributed by atoms with Crippen LogP contribution in [-0.4, -0.2) is 58.5 Å². The zero-order valence-corrected chi connectivity index (χ0v) is 17.3. The summed E-state index contributed by atoms with van der Waals surface area (Å²) in [4.78, 5) is 21.5. The first-order chi connectivity index (χ1) is 14.0. The Kier molecular flexibility index (Phi) is 6.59. The third-order valence-corrected chi connectivity index (χ3v) is 4.94. The van der Waals surface area contributed by atoms with E-state index in [2.05, 4.69) is 5.16 Å². The monoisotopic (exact) mass is 397 g/mol. The molecule has 154 valence electrons. The number of carbonyl (C=O) groups excluding carboxylic acids is 1. The van der Waals surface area contributed by atoms with Crippen LogP contribution in [0.1, 0.15) is 16.7 Å². The number of hydrogen-bond donors (Lipinski definition) is 0. The van der Waals surface area contributed by atoms with E-state index in [1.165, 1.54) is 5.56 Å². The molecule has 2 aromatic carbocycles. The Morgan fingerprint density at radius 2 is 1.76 bits per heavy atom. The van der Waals surface area contributed by atoms with Crippen LogP contribution in [0.3, 0.4) is 0 Å². The van der Waals surface area contributed by atoms with Gasteiger partial charge < -0.3 is 24.1 Å². The van der Waals surface area contributed by atoms with Gasteiger partial charge in [0.15, 0.2) is 18.1 Å². The molecular formula is C22H27N3O4. The number of fused-ring (bicyclic) bond motifs is 1. The second kappa shape index (κ2) is 9.32. The van der Waals surface area contributed by atoms with Gasteiger partial charge in [0.2, 0.25) is 0 Å². The van der Waals surface area contributed by atoms with Crippen LogP contribution in [-0.2, 0) is 22.6 Å². The number of rotatable bonds is 7. The van der Waals surface area contributed by atoms with Crippen molar-refractivity contribution in [3.8, 4) is 11.5 Å². The molecule has 0 N–H and O–H groups in total. The van der Waals surface area contributed by atoms with E-state index in [1.54, 1.807) is 25.3 Å². The van der Waals surface area contributed by atoms with Gasteiger partial charge in [-0.3, -0.25) is 4.79 Å². The molecule has 1 aliphatic heterocycles. The summed E-state index contributed by atoms with van der Waals surface area (Å²) in [5.41, 5.74) is 4.26. The number of carbonyl (C=O) groups is 1. The van der Waals surface area contributed by atoms with Crippen molar-refractivity contribution >= 4 is 17.8 Å². The minimum absolute atomic E-state index is 0.0884. The maximum absolute atomic E-state index is 12.5. The summed E-state index contributed by atoms with van der Waals surface area (Å²) in [7, 11) is 7.21. The molecule has 0 saturated heterocycles. The van der Waals surface area contributed by atoms with Crippen LogP contribution in [0.5, 0.6) is 11.5 Å². The fourth-order valence-corrected chi connectivity index (χ4v) is 3.24. The quantitative estimate of drug-likeness (QED) is 0.531. The van der Waals surface area contributed by atoms with E-state index < -0.39 is 0 Å². The number of benzene rings is 2. The van der Waals surface area contributed by atoms with Gasteiger partial charge in [-0.25, -0.2) is 0 Å². The lowest BCUT2D eigenvalue weighted by Gasteiger charge is -2.29. The van der Waals surface area contributed by atoms with Crippen molar-refractivity contribution in [2.45, 2.75) is 13.0 Å². The van der Waals surface area contributed by atoms with Crippen LogP contribution in [0, 0.1) is 0 Å². The summed E-state index contributed by atoms with van der Waals surface area (Å²) in [6.45, 7) is 1.07. The first kappa shape index (κ1) is 20.5. The molecule has 1 amide bonds. The molecule has 0 aromatic heterocycles. The molecule has 7 heteroatoms. The molecule has 0 radical (unpaired) electrons. The van der Waals surface area contributed by atoms with Crippen molar-refractivity contribution in [2.75, 3.05) is 46.4 Å². The average Bonchev–Trinajstić information content (AvgIpc) is 2.75. The summed E-state index contributed by atoms with van der Waals surface area (Å²) >= 11 is 0. The van der Waals surface area contributed by atoms with E-state index in [0.29, 0.717) is 24.6 Å². The van der Waals surface area contributed by atoms with Crippen LogP contribution in [0.15, 0.2) is 41.6 Å². The Morgan fingerprint density at radius 1 is 1.10 bits per heavy atom. The molecule has 0 spiro atoms. The van der Waals surface area contributed by atoms with Gasteiger partial charge in [0.1, 0.15) is 0 Å². The first-order valence-electron chi connectivity index (χ1n) is 9.46. The Morgan fingerprint density at radius 3 is 2.38 bits per heavy atom. The van der Waals surface area contributed by atoms with Gasteiger partial charge in [-0.2, -0.15) is 0 Å². The first-order valence-corrected chi connectivity index (χ1v) is 9.46. The largest absolute Gasteiger partial charge is 0.493 e. The molecule has 0 unspecified atom stereocenters. The number of ether oxygens (including phenoxy) is 2. The van der Waals surface area contributed by atoms with E-state index in [4.69, 9.17) is 14.3 Å². The summed E-state index contributed by atoms with van der Waals surface area (Å²) in [5, 5.41) is 3.92. The maximum atomic E-state index is 12.5. The predicted octanol–water partition coefficient (Wildman–Crippen LogP) is 2.71. The topological polar surface area (TPSA) is 63.6 Å². The number of hydrogen-bond acceptors (Lipinski definition) is 6. The highest BCUT2D eigenvalue weighted by Gasteiger charge is 2.23. The molecule has 0 bridgehead atoms. The van der Waals surface area contributed by atoms with Gasteiger partial charge in [-0.15, -0.1) is 0 Å². The zero-order chi connectivity index (χ0) is 20.8. The standard InChI is InChI=1S/C22H27N3O4/c1-24(2)19-7-5-16(6-8-19)13-23-29-15-22(26)25-10-9-17-11-20(27-3)21(28-4)12-18(17)14-25/h5-8,11-13H,9-10,14-15H2,1-4H3/b23-13+. The molecule has 0 saturated carbocycles. The van der Waals surface area contributed by atoms with Crippen molar-refractivity contribution in [3.05, 3.63) is 53.1 Å². The number of anilines is 1. The Hall–Kier alpha value is -3.22. The van der Waals surface area contributed by atoms with Crippen molar-refractivity contribution < 1.29 is 19.1 Å². The van der Waals surface area contributed by atoms with E-state index >= 15 is 0 Å². The van der Waals surface area contributed by atoms with Gasteiger partial charge in [0.05, 0.1) is 20.4 Å². The van der Waals surface area contributed by atoms with Crippen LogP contribution in [0.4, 0.5) is 5.69 Å². The molecule has 0 aliphatic carbocycles. The maximum Gasteiger partial charge on any atom is 0.263 e. The van der Waals surface area contributed by atoms with Crippen molar-refractivity contribution in [1.82, 2.24) is 4.90 Å². The Bertz CT molecular complexity index is 878. The number of nitrogens with zero attached hydrogens (tertiary/aromatic N) is 3. The van der Waals surface area contributed by atoms with E-state index in [1.807, 2.05) is 55.4 Å². The molecule has 1 heterocycles. The van der Waals surface area contributed by atoms with Gasteiger partial charge >= 0.3 is 0 Å². The Balaban J connectivity index is 1.54. The Labute approximate surface area is 171 Å². The third kappa shape index (κ3) is 4.99. The zero-order valence-electron chi connectivity index (χ0n) is 17.3. The summed E-state index contributed by atoms with van der Waals surface area (Å²) in [5.74, 6) is 1.29. The van der Waals surface area contributed by atoms with Crippen molar-refractivity contribution in [2.24, 2.45) is 5.16 Å². The molecule has 7 nitrogen and oxygen atoms in total. The number of amides is 1. The highest BCUT2D eigenvalue weighted by molar-refractivity contribution is 5.80. The van der Waals surface area contributed by atoms with Crippen LogP contribution in [0.25, 0.3) is 0 Å². The predicted molar refractivity (Wildman–Crippen MR) is 113 cm³/mol. The fourth-order valence-electron chi connectivity index (χ4n) is 3.24. The van der Waals surface area contributed by atoms with E-state index in [0.717, 1.165) is 23.2 Å². The van der Waals surface area contributed by atoms with E-state index in [-0.39, 0.29) is 12.5 Å². The van der Waals surface area contributed by atoms with Gasteiger partial charge in [0.25, 0.3) is 5.91 Å². The molecule has 29 heavy (non-hydrogen) atoms. The highest BCUT2D eigenvalue weighted by atomic mass is 16.6. The van der Waals surface area contributed by atoms with Crippen LogP contribution >= 0.6 is 0 Å². The summed E-state index contributed by atoms with van der Waals surface area (Å²) in [6, 6.07) is 11.8. The van der Waals surface area contributed by atoms with E-state index in [9.17, 15) is 4.79 Å². The minimum Gasteiger partial charge on any atom is -0.493 e. The molecular weight excluding hydrogens is 370 g/mol. The molecule has 2 aromatic rings. The third-order valence-electron chi connectivity index (χ3n) is 4.94. The normalized spacial score (nSPS) is 13.2. The molecule has 3 rings (SSSR count). The summed E-state index contributed by atoms with van der Waals surface area (Å²) in [6.07, 6.45) is 2.37. The number of methoxy groups -OCH3 is 2. The second-order valence-corrected chi connectivity index (χ2v) is 7.04. The average molecular weight is 397 g/mol. The lowest BCUT2D eigenvalue weighted by molar-refractivity contribution is -0.137. The lowest BCUT2D eigenvalue weighted by atomic mass is 9.99. The summed E-state index contributed by atoms with van der Waals surface area (Å²) < 4.78 is 10.7. The molecule has 1 aliphatic rings. The number of oxime groups is 1. The fraction of sp³-hybridized carbons (Fsp3) is 0.364. The highest BCUT2D eigenvalue weighted by Crippen LogP contribution is 2.33. The van der Waals surface area contributed by atoms with Crippen molar-refractivity contribution in [3.63, 3.8) is 0 Å². The second-order valence-electron chi connectivity index (χ2n) is 7.04. The lowest BCUT2D eigenvalue weighted by Crippen LogP contribution is -2.38. The van der Waals surface area contributed by atoms with Crippen LogP contribution < -0.4 is 14.4 Å². The van der Waals surface area contributed by atoms with Gasteiger partial charge in [0, 0.05) is 32.9 Å². The smallest absolute Gasteiger partial charge is 0.263 e. The van der Waals surface area contributed by atoms with Crippen molar-refractivity contribution in [1.29, 1.82) is 0 Å². The SMILES string of the molecule is COc1cc2c(cc1OC)CN(C(=O)CO/N=C/c1ccc(N(C)C)cc1)CC2.